The highest BCUT2D eigenvalue weighted by molar-refractivity contribution is 5.84. The largest absolute Gasteiger partial charge is 0.383 e. The molecule has 0 aliphatic carbocycles. The van der Waals surface area contributed by atoms with Gasteiger partial charge in [-0.25, -0.2) is 8.78 Å². The number of carbonyl (C=O) groups is 1. The van der Waals surface area contributed by atoms with Crippen molar-refractivity contribution >= 4 is 5.91 Å². The summed E-state index contributed by atoms with van der Waals surface area (Å²) in [5, 5.41) is 8.28. The van der Waals surface area contributed by atoms with E-state index in [9.17, 15) is 22.4 Å². The Balaban J connectivity index is 4.72. The lowest BCUT2D eigenvalue weighted by atomic mass is 10.2. The third kappa shape index (κ3) is 2.34. The van der Waals surface area contributed by atoms with Gasteiger partial charge in [0.2, 0.25) is 0 Å². The topological polar surface area (TPSA) is 44.1 Å². The fourth-order valence-electron chi connectivity index (χ4n) is 0.591. The number of nitrogens with zero attached hydrogens (tertiary/aromatic N) is 2. The number of rotatable bonds is 3. The van der Waals surface area contributed by atoms with Gasteiger partial charge in [-0.1, -0.05) is 0 Å². The third-order valence-electron chi connectivity index (χ3n) is 1.65. The molecule has 1 amide bonds. The summed E-state index contributed by atoms with van der Waals surface area (Å²) in [6.07, 6.45) is -4.07. The second kappa shape index (κ2) is 4.26. The van der Waals surface area contributed by atoms with Crippen LogP contribution < -0.4 is 0 Å². The Bertz CT molecular complexity index is 261. The smallest absolute Gasteiger partial charge is 0.325 e. The second-order valence-electron chi connectivity index (χ2n) is 2.64. The van der Waals surface area contributed by atoms with Gasteiger partial charge in [-0.2, -0.15) is 14.0 Å². The van der Waals surface area contributed by atoms with Gasteiger partial charge in [0.05, 0.1) is 6.07 Å². The first kappa shape index (κ1) is 12.7. The Morgan fingerprint density at radius 1 is 1.50 bits per heavy atom. The van der Waals surface area contributed by atoms with Crippen LogP contribution in [-0.4, -0.2) is 36.2 Å². The summed E-state index contributed by atoms with van der Waals surface area (Å²) in [5.74, 6) is -6.79. The highest BCUT2D eigenvalue weighted by atomic mass is 19.3. The van der Waals surface area contributed by atoms with Crippen molar-refractivity contribution in [2.24, 2.45) is 0 Å². The molecule has 7 heteroatoms. The maximum Gasteiger partial charge on any atom is 0.383 e. The molecule has 0 heterocycles. The first-order valence-corrected chi connectivity index (χ1v) is 3.58. The third-order valence-corrected chi connectivity index (χ3v) is 1.65. The van der Waals surface area contributed by atoms with E-state index < -0.39 is 24.3 Å². The number of carbonyl (C=O) groups excluding carboxylic acids is 1. The zero-order valence-corrected chi connectivity index (χ0v) is 7.47. The summed E-state index contributed by atoms with van der Waals surface area (Å²) >= 11 is 0. The summed E-state index contributed by atoms with van der Waals surface area (Å²) in [6, 6.07) is 0.310. The molecule has 0 aromatic rings. The Kier molecular flexibility index (Phi) is 3.86. The number of hydrogen-bond donors (Lipinski definition) is 0. The van der Waals surface area contributed by atoms with E-state index in [4.69, 9.17) is 5.26 Å². The molecule has 0 saturated heterocycles. The molecule has 14 heavy (non-hydrogen) atoms. The molecule has 0 bridgehead atoms. The molecule has 80 valence electrons. The maximum atomic E-state index is 12.4. The molecule has 0 aliphatic heterocycles. The second-order valence-corrected chi connectivity index (χ2v) is 2.64. The van der Waals surface area contributed by atoms with Gasteiger partial charge in [0, 0.05) is 7.05 Å². The van der Waals surface area contributed by atoms with Crippen LogP contribution in [0.3, 0.4) is 0 Å². The number of halogens is 4. The molecule has 0 spiro atoms. The first-order valence-electron chi connectivity index (χ1n) is 3.58. The van der Waals surface area contributed by atoms with Gasteiger partial charge < -0.3 is 4.90 Å². The van der Waals surface area contributed by atoms with Gasteiger partial charge in [0.15, 0.2) is 0 Å². The van der Waals surface area contributed by atoms with E-state index in [-0.39, 0.29) is 4.90 Å². The average Bonchev–Trinajstić information content (AvgIpc) is 2.13. The van der Waals surface area contributed by atoms with Gasteiger partial charge >= 0.3 is 12.3 Å². The molecule has 0 saturated carbocycles. The standard InChI is InChI=1S/C7H8F4N2O/c1-4(3-12)13(2)6(14)7(10,11)5(8)9/h4-5H,1-2H3. The Labute approximate surface area is 77.9 Å². The lowest BCUT2D eigenvalue weighted by molar-refractivity contribution is -0.180. The lowest BCUT2D eigenvalue weighted by Gasteiger charge is -2.24. The number of amides is 1. The highest BCUT2D eigenvalue weighted by Gasteiger charge is 2.51. The van der Waals surface area contributed by atoms with Gasteiger partial charge in [-0.15, -0.1) is 0 Å². The van der Waals surface area contributed by atoms with Crippen LogP contribution in [0.25, 0.3) is 0 Å². The zero-order valence-electron chi connectivity index (χ0n) is 7.47. The molecule has 0 N–H and O–H groups in total. The molecule has 1 atom stereocenters. The summed E-state index contributed by atoms with van der Waals surface area (Å²) in [7, 11) is 0.868. The summed E-state index contributed by atoms with van der Waals surface area (Å²) in [4.78, 5) is 11.0. The number of hydrogen-bond acceptors (Lipinski definition) is 2. The van der Waals surface area contributed by atoms with Crippen molar-refractivity contribution in [2.45, 2.75) is 25.3 Å². The molecule has 0 rings (SSSR count). The van der Waals surface area contributed by atoms with Crippen molar-refractivity contribution in [2.75, 3.05) is 7.05 Å². The average molecular weight is 212 g/mol. The van der Waals surface area contributed by atoms with E-state index in [1.54, 1.807) is 0 Å². The molecular weight excluding hydrogens is 204 g/mol. The Hall–Kier alpha value is -1.32. The minimum Gasteiger partial charge on any atom is -0.325 e. The summed E-state index contributed by atoms with van der Waals surface area (Å²) < 4.78 is 48.3. The number of alkyl halides is 4. The van der Waals surface area contributed by atoms with Crippen molar-refractivity contribution < 1.29 is 22.4 Å². The predicted octanol–water partition coefficient (Wildman–Crippen LogP) is 1.26. The zero-order chi connectivity index (χ0) is 11.5. The fraction of sp³-hybridized carbons (Fsp3) is 0.714. The minimum atomic E-state index is -4.74. The molecular formula is C7H8F4N2O. The first-order chi connectivity index (χ1) is 6.25. The Morgan fingerprint density at radius 2 is 1.93 bits per heavy atom. The molecule has 0 aromatic carbocycles. The lowest BCUT2D eigenvalue weighted by Crippen LogP contribution is -2.48. The van der Waals surface area contributed by atoms with Crippen molar-refractivity contribution in [3.05, 3.63) is 0 Å². The van der Waals surface area contributed by atoms with Gasteiger partial charge in [-0.3, -0.25) is 4.79 Å². The maximum absolute atomic E-state index is 12.4. The summed E-state index contributed by atoms with van der Waals surface area (Å²) in [5.41, 5.74) is 0. The van der Waals surface area contributed by atoms with Crippen LogP contribution >= 0.6 is 0 Å². The highest BCUT2D eigenvalue weighted by Crippen LogP contribution is 2.25. The van der Waals surface area contributed by atoms with Crippen LogP contribution in [0.15, 0.2) is 0 Å². The quantitative estimate of drug-likeness (QED) is 0.661. The van der Waals surface area contributed by atoms with E-state index in [1.165, 1.54) is 6.07 Å². The van der Waals surface area contributed by atoms with Crippen molar-refractivity contribution in [3.63, 3.8) is 0 Å². The predicted molar refractivity (Wildman–Crippen MR) is 38.8 cm³/mol. The van der Waals surface area contributed by atoms with Crippen molar-refractivity contribution in [1.29, 1.82) is 5.26 Å². The monoisotopic (exact) mass is 212 g/mol. The molecule has 3 nitrogen and oxygen atoms in total. The molecule has 0 aromatic heterocycles. The van der Waals surface area contributed by atoms with E-state index in [2.05, 4.69) is 0 Å². The minimum absolute atomic E-state index is 0.284. The molecule has 0 fully saturated rings. The SMILES string of the molecule is CC(C#N)N(C)C(=O)C(F)(F)C(F)F. The van der Waals surface area contributed by atoms with Crippen molar-refractivity contribution in [1.82, 2.24) is 4.90 Å². The van der Waals surface area contributed by atoms with Crippen LogP contribution in [0.2, 0.25) is 0 Å². The van der Waals surface area contributed by atoms with Crippen LogP contribution in [-0.2, 0) is 4.79 Å². The number of nitriles is 1. The molecule has 1 unspecified atom stereocenters. The van der Waals surface area contributed by atoms with Gasteiger partial charge in [0.25, 0.3) is 5.91 Å². The van der Waals surface area contributed by atoms with Crippen LogP contribution in [0.1, 0.15) is 6.92 Å². The van der Waals surface area contributed by atoms with Gasteiger partial charge in [-0.05, 0) is 6.92 Å². The van der Waals surface area contributed by atoms with Crippen LogP contribution in [0.5, 0.6) is 0 Å². The molecule has 0 aliphatic rings. The van der Waals surface area contributed by atoms with E-state index in [0.717, 1.165) is 14.0 Å². The molecule has 0 radical (unpaired) electrons. The summed E-state index contributed by atoms with van der Waals surface area (Å²) in [6.45, 7) is 1.15. The fourth-order valence-corrected chi connectivity index (χ4v) is 0.591. The van der Waals surface area contributed by atoms with E-state index >= 15 is 0 Å². The van der Waals surface area contributed by atoms with Crippen LogP contribution in [0.4, 0.5) is 17.6 Å². The van der Waals surface area contributed by atoms with Crippen LogP contribution in [0, 0.1) is 11.3 Å². The normalized spacial score (nSPS) is 13.6. The van der Waals surface area contributed by atoms with E-state index in [0.29, 0.717) is 0 Å². The van der Waals surface area contributed by atoms with Gasteiger partial charge in [0.1, 0.15) is 6.04 Å². The van der Waals surface area contributed by atoms with Crippen molar-refractivity contribution in [3.8, 4) is 6.07 Å². The Morgan fingerprint density at radius 3 is 2.21 bits per heavy atom. The van der Waals surface area contributed by atoms with E-state index in [1.807, 2.05) is 0 Å².